The van der Waals surface area contributed by atoms with E-state index >= 15 is 0 Å². The Morgan fingerprint density at radius 1 is 1.56 bits per heavy atom. The van der Waals surface area contributed by atoms with Crippen molar-refractivity contribution in [3.8, 4) is 0 Å². The molecular formula is C11H12N2O3. The molecule has 0 saturated heterocycles. The second kappa shape index (κ2) is 3.94. The summed E-state index contributed by atoms with van der Waals surface area (Å²) in [6, 6.07) is 4.68. The van der Waals surface area contributed by atoms with E-state index < -0.39 is 4.92 Å². The SMILES string of the molecule is CC(N)Cc1cc([N+](=O)[O-])cc2ccoc12. The largest absolute Gasteiger partial charge is 0.464 e. The lowest BCUT2D eigenvalue weighted by molar-refractivity contribution is -0.384. The van der Waals surface area contributed by atoms with E-state index in [0.29, 0.717) is 12.0 Å². The molecule has 1 atom stereocenters. The minimum Gasteiger partial charge on any atom is -0.464 e. The van der Waals surface area contributed by atoms with Crippen molar-refractivity contribution in [3.63, 3.8) is 0 Å². The molecule has 16 heavy (non-hydrogen) atoms. The van der Waals surface area contributed by atoms with Crippen molar-refractivity contribution < 1.29 is 9.34 Å². The molecule has 5 heteroatoms. The average molecular weight is 220 g/mol. The fourth-order valence-corrected chi connectivity index (χ4v) is 1.74. The fraction of sp³-hybridized carbons (Fsp3) is 0.273. The molecular weight excluding hydrogens is 208 g/mol. The van der Waals surface area contributed by atoms with Gasteiger partial charge in [-0.2, -0.15) is 0 Å². The first kappa shape index (κ1) is 10.6. The third-order valence-corrected chi connectivity index (χ3v) is 2.37. The fourth-order valence-electron chi connectivity index (χ4n) is 1.74. The number of rotatable bonds is 3. The van der Waals surface area contributed by atoms with Crippen molar-refractivity contribution in [2.45, 2.75) is 19.4 Å². The molecule has 0 aliphatic heterocycles. The summed E-state index contributed by atoms with van der Waals surface area (Å²) in [7, 11) is 0. The quantitative estimate of drug-likeness (QED) is 0.635. The smallest absolute Gasteiger partial charge is 0.270 e. The van der Waals surface area contributed by atoms with Crippen LogP contribution in [0.1, 0.15) is 12.5 Å². The molecule has 0 radical (unpaired) electrons. The Morgan fingerprint density at radius 3 is 2.94 bits per heavy atom. The number of hydrogen-bond donors (Lipinski definition) is 1. The Labute approximate surface area is 92.0 Å². The third kappa shape index (κ3) is 1.90. The summed E-state index contributed by atoms with van der Waals surface area (Å²) in [6.07, 6.45) is 2.09. The van der Waals surface area contributed by atoms with Gasteiger partial charge in [-0.15, -0.1) is 0 Å². The predicted octanol–water partition coefficient (Wildman–Crippen LogP) is 2.23. The number of non-ortho nitro benzene ring substituents is 1. The zero-order valence-electron chi connectivity index (χ0n) is 8.84. The summed E-state index contributed by atoms with van der Waals surface area (Å²) in [6.45, 7) is 1.85. The van der Waals surface area contributed by atoms with E-state index in [4.69, 9.17) is 10.2 Å². The van der Waals surface area contributed by atoms with Crippen molar-refractivity contribution in [1.82, 2.24) is 0 Å². The maximum absolute atomic E-state index is 10.7. The van der Waals surface area contributed by atoms with Crippen molar-refractivity contribution >= 4 is 16.7 Å². The van der Waals surface area contributed by atoms with Crippen LogP contribution in [-0.4, -0.2) is 11.0 Å². The number of nitrogens with two attached hydrogens (primary N) is 1. The van der Waals surface area contributed by atoms with Crippen LogP contribution in [0.2, 0.25) is 0 Å². The van der Waals surface area contributed by atoms with E-state index in [-0.39, 0.29) is 11.7 Å². The summed E-state index contributed by atoms with van der Waals surface area (Å²) in [5.41, 5.74) is 7.24. The highest BCUT2D eigenvalue weighted by Gasteiger charge is 2.14. The van der Waals surface area contributed by atoms with Crippen LogP contribution in [0.15, 0.2) is 28.9 Å². The summed E-state index contributed by atoms with van der Waals surface area (Å²) in [4.78, 5) is 10.3. The van der Waals surface area contributed by atoms with Crippen LogP contribution in [0.25, 0.3) is 11.0 Å². The first-order chi connectivity index (χ1) is 7.58. The van der Waals surface area contributed by atoms with Crippen molar-refractivity contribution in [2.24, 2.45) is 5.73 Å². The molecule has 0 fully saturated rings. The Kier molecular flexibility index (Phi) is 2.62. The molecule has 1 aromatic heterocycles. The highest BCUT2D eigenvalue weighted by molar-refractivity contribution is 5.83. The zero-order chi connectivity index (χ0) is 11.7. The van der Waals surface area contributed by atoms with Gasteiger partial charge in [-0.3, -0.25) is 10.1 Å². The van der Waals surface area contributed by atoms with Crippen molar-refractivity contribution in [1.29, 1.82) is 0 Å². The van der Waals surface area contributed by atoms with Gasteiger partial charge in [0.1, 0.15) is 5.58 Å². The minimum absolute atomic E-state index is 0.0599. The van der Waals surface area contributed by atoms with Crippen LogP contribution in [0.5, 0.6) is 0 Å². The zero-order valence-corrected chi connectivity index (χ0v) is 8.84. The summed E-state index contributed by atoms with van der Waals surface area (Å²) in [5.74, 6) is 0. The van der Waals surface area contributed by atoms with Gasteiger partial charge in [-0.05, 0) is 19.4 Å². The lowest BCUT2D eigenvalue weighted by Gasteiger charge is -2.05. The molecule has 2 N–H and O–H groups in total. The number of hydrogen-bond acceptors (Lipinski definition) is 4. The van der Waals surface area contributed by atoms with E-state index in [0.717, 1.165) is 10.9 Å². The Morgan fingerprint density at radius 2 is 2.31 bits per heavy atom. The lowest BCUT2D eigenvalue weighted by Crippen LogP contribution is -2.17. The van der Waals surface area contributed by atoms with Crippen LogP contribution in [0, 0.1) is 10.1 Å². The summed E-state index contributed by atoms with van der Waals surface area (Å²) in [5, 5.41) is 11.5. The van der Waals surface area contributed by atoms with E-state index in [1.165, 1.54) is 18.4 Å². The molecule has 5 nitrogen and oxygen atoms in total. The Bertz CT molecular complexity index is 531. The lowest BCUT2D eigenvalue weighted by atomic mass is 10.0. The Hall–Kier alpha value is -1.88. The molecule has 0 spiro atoms. The Balaban J connectivity index is 2.59. The molecule has 0 aliphatic carbocycles. The molecule has 2 rings (SSSR count). The summed E-state index contributed by atoms with van der Waals surface area (Å²) >= 11 is 0. The van der Waals surface area contributed by atoms with Crippen molar-refractivity contribution in [2.75, 3.05) is 0 Å². The van der Waals surface area contributed by atoms with Crippen LogP contribution in [0.3, 0.4) is 0 Å². The van der Waals surface area contributed by atoms with E-state index in [9.17, 15) is 10.1 Å². The number of benzene rings is 1. The van der Waals surface area contributed by atoms with Gasteiger partial charge in [0.25, 0.3) is 5.69 Å². The van der Waals surface area contributed by atoms with Gasteiger partial charge in [-0.25, -0.2) is 0 Å². The van der Waals surface area contributed by atoms with E-state index in [1.807, 2.05) is 6.92 Å². The van der Waals surface area contributed by atoms with Crippen LogP contribution >= 0.6 is 0 Å². The van der Waals surface area contributed by atoms with Gasteiger partial charge in [-0.1, -0.05) is 0 Å². The number of furan rings is 1. The second-order valence-electron chi connectivity index (χ2n) is 3.88. The van der Waals surface area contributed by atoms with Gasteiger partial charge in [0, 0.05) is 29.1 Å². The average Bonchev–Trinajstić information content (AvgIpc) is 2.64. The first-order valence-electron chi connectivity index (χ1n) is 4.98. The van der Waals surface area contributed by atoms with Gasteiger partial charge >= 0.3 is 0 Å². The molecule has 1 unspecified atom stereocenters. The van der Waals surface area contributed by atoms with Gasteiger partial charge in [0.05, 0.1) is 11.2 Å². The molecule has 84 valence electrons. The van der Waals surface area contributed by atoms with Crippen LogP contribution in [0.4, 0.5) is 5.69 Å². The van der Waals surface area contributed by atoms with Gasteiger partial charge < -0.3 is 10.2 Å². The summed E-state index contributed by atoms with van der Waals surface area (Å²) < 4.78 is 5.31. The molecule has 0 amide bonds. The second-order valence-corrected chi connectivity index (χ2v) is 3.88. The van der Waals surface area contributed by atoms with Gasteiger partial charge in [0.15, 0.2) is 0 Å². The molecule has 0 aliphatic rings. The normalized spacial score (nSPS) is 12.9. The molecule has 1 aromatic carbocycles. The third-order valence-electron chi connectivity index (χ3n) is 2.37. The predicted molar refractivity (Wildman–Crippen MR) is 60.2 cm³/mol. The van der Waals surface area contributed by atoms with E-state index in [2.05, 4.69) is 0 Å². The van der Waals surface area contributed by atoms with Crippen molar-refractivity contribution in [3.05, 3.63) is 40.1 Å². The number of fused-ring (bicyclic) bond motifs is 1. The number of nitrogens with zero attached hydrogens (tertiary/aromatic N) is 1. The number of nitro groups is 1. The van der Waals surface area contributed by atoms with E-state index in [1.54, 1.807) is 6.07 Å². The topological polar surface area (TPSA) is 82.3 Å². The van der Waals surface area contributed by atoms with Crippen LogP contribution in [-0.2, 0) is 6.42 Å². The molecule has 2 aromatic rings. The maximum atomic E-state index is 10.7. The minimum atomic E-state index is -0.406. The highest BCUT2D eigenvalue weighted by atomic mass is 16.6. The standard InChI is InChI=1S/C11H12N2O3/c1-7(12)4-9-6-10(13(14)15)5-8-2-3-16-11(8)9/h2-3,5-7H,4,12H2,1H3. The monoisotopic (exact) mass is 220 g/mol. The van der Waals surface area contributed by atoms with Crippen LogP contribution < -0.4 is 5.73 Å². The number of nitro benzene ring substituents is 1. The van der Waals surface area contributed by atoms with Gasteiger partial charge in [0.2, 0.25) is 0 Å². The molecule has 0 bridgehead atoms. The maximum Gasteiger partial charge on any atom is 0.270 e. The molecule has 1 heterocycles. The first-order valence-corrected chi connectivity index (χ1v) is 4.98. The molecule has 0 saturated carbocycles. The highest BCUT2D eigenvalue weighted by Crippen LogP contribution is 2.26.